The van der Waals surface area contributed by atoms with E-state index in [9.17, 15) is 33.4 Å². The van der Waals surface area contributed by atoms with Crippen LogP contribution < -0.4 is 16.6 Å². The van der Waals surface area contributed by atoms with Crippen molar-refractivity contribution in [3.8, 4) is 0 Å². The minimum Gasteiger partial charge on any atom is -0.382 e. The van der Waals surface area contributed by atoms with Gasteiger partial charge in [0.25, 0.3) is 17.4 Å². The molecule has 1 saturated heterocycles. The molecule has 16 heteroatoms. The number of carbonyl (C=O) groups excluding carboxylic acids is 3. The molecule has 3 rings (SSSR count). The lowest BCUT2D eigenvalue weighted by molar-refractivity contribution is -0.137. The van der Waals surface area contributed by atoms with E-state index in [1.54, 1.807) is 0 Å². The maximum Gasteiger partial charge on any atom is 0.472 e. The van der Waals surface area contributed by atoms with E-state index in [0.717, 1.165) is 34.8 Å². The lowest BCUT2D eigenvalue weighted by atomic mass is 9.94. The Kier molecular flexibility index (Phi) is 9.70. The molecular weight excluding hydrogens is 515 g/mol. The van der Waals surface area contributed by atoms with Gasteiger partial charge in [0.15, 0.2) is 0 Å². The summed E-state index contributed by atoms with van der Waals surface area (Å²) in [5.41, 5.74) is -1.35. The Bertz CT molecular complexity index is 1180. The molecule has 3 N–H and O–H groups in total. The van der Waals surface area contributed by atoms with Gasteiger partial charge in [-0.1, -0.05) is 0 Å². The molecule has 0 aliphatic carbocycles. The monoisotopic (exact) mass is 544 g/mol. The SMILES string of the molecule is COC[C@H]1O[C@@H](n2ccc(=O)[nH]c2=O)[C@@H](CCCNC(=O)CCN2C(=O)C=CC2=O)C1OP(=O)(O)OC. The second kappa shape index (κ2) is 12.5. The van der Waals surface area contributed by atoms with Gasteiger partial charge < -0.3 is 19.7 Å². The summed E-state index contributed by atoms with van der Waals surface area (Å²) >= 11 is 0. The standard InChI is InChI=1S/C21H29N4O11P/c1-33-12-14-19(36-37(31,32)34-2)13(20(35-14)25-11-8-16(27)23-21(25)30)4-3-9-22-15(26)7-10-24-17(28)5-6-18(24)29/h5-6,8,11,13-14,19-20H,3-4,7,9-10,12H2,1-2H3,(H,22,26)(H,31,32)(H,23,27,30)/t13-,14+,19?,20+/m0/s1. The van der Waals surface area contributed by atoms with E-state index < -0.39 is 55.2 Å². The predicted octanol–water partition coefficient (Wildman–Crippen LogP) is -0.960. The van der Waals surface area contributed by atoms with Crippen molar-refractivity contribution >= 4 is 25.5 Å². The zero-order valence-corrected chi connectivity index (χ0v) is 21.1. The molecule has 2 aliphatic rings. The molecule has 0 radical (unpaired) electrons. The van der Waals surface area contributed by atoms with Crippen molar-refractivity contribution in [2.75, 3.05) is 33.9 Å². The molecule has 5 atom stereocenters. The molecule has 1 aromatic heterocycles. The molecule has 0 aromatic carbocycles. The Labute approximate surface area is 210 Å². The van der Waals surface area contributed by atoms with Crippen LogP contribution in [0.1, 0.15) is 25.5 Å². The van der Waals surface area contributed by atoms with Crippen LogP contribution in [-0.2, 0) is 37.5 Å². The van der Waals surface area contributed by atoms with E-state index >= 15 is 0 Å². The topological polar surface area (TPSA) is 196 Å². The molecule has 0 bridgehead atoms. The first-order chi connectivity index (χ1) is 17.6. The number of carbonyl (C=O) groups is 3. The fraction of sp³-hybridized carbons (Fsp3) is 0.571. The maximum atomic E-state index is 12.4. The Morgan fingerprint density at radius 1 is 1.22 bits per heavy atom. The molecule has 3 heterocycles. The van der Waals surface area contributed by atoms with Gasteiger partial charge in [-0.25, -0.2) is 9.36 Å². The average molecular weight is 544 g/mol. The number of nitrogens with one attached hydrogen (secondary N) is 2. The largest absolute Gasteiger partial charge is 0.472 e. The van der Waals surface area contributed by atoms with Crippen molar-refractivity contribution in [2.24, 2.45) is 5.92 Å². The van der Waals surface area contributed by atoms with Crippen LogP contribution in [0.5, 0.6) is 0 Å². The highest BCUT2D eigenvalue weighted by Crippen LogP contribution is 2.50. The number of imide groups is 1. The van der Waals surface area contributed by atoms with Crippen molar-refractivity contribution < 1.29 is 42.4 Å². The van der Waals surface area contributed by atoms with Crippen LogP contribution in [0.25, 0.3) is 0 Å². The molecule has 1 aromatic rings. The normalized spacial score (nSPS) is 25.0. The molecule has 2 aliphatic heterocycles. The highest BCUT2D eigenvalue weighted by Gasteiger charge is 2.49. The van der Waals surface area contributed by atoms with Gasteiger partial charge in [0, 0.05) is 64.1 Å². The summed E-state index contributed by atoms with van der Waals surface area (Å²) < 4.78 is 34.4. The van der Waals surface area contributed by atoms with E-state index in [0.29, 0.717) is 6.42 Å². The molecular formula is C21H29N4O11P. The summed E-state index contributed by atoms with van der Waals surface area (Å²) in [4.78, 5) is 72.4. The first kappa shape index (κ1) is 28.6. The number of methoxy groups -OCH3 is 1. The number of H-pyrrole nitrogens is 1. The average Bonchev–Trinajstić information content (AvgIpc) is 3.34. The molecule has 3 amide bonds. The van der Waals surface area contributed by atoms with Crippen LogP contribution in [0.3, 0.4) is 0 Å². The fourth-order valence-electron chi connectivity index (χ4n) is 4.16. The summed E-state index contributed by atoms with van der Waals surface area (Å²) in [5, 5.41) is 2.68. The lowest BCUT2D eigenvalue weighted by Crippen LogP contribution is -2.36. The summed E-state index contributed by atoms with van der Waals surface area (Å²) in [6, 6.07) is 1.14. The Morgan fingerprint density at radius 2 is 1.92 bits per heavy atom. The first-order valence-electron chi connectivity index (χ1n) is 11.4. The number of aromatic nitrogens is 2. The predicted molar refractivity (Wildman–Crippen MR) is 125 cm³/mol. The number of phosphoric ester groups is 1. The van der Waals surface area contributed by atoms with E-state index in [1.807, 2.05) is 0 Å². The van der Waals surface area contributed by atoms with E-state index in [-0.39, 0.29) is 38.4 Å². The van der Waals surface area contributed by atoms with Crippen LogP contribution in [-0.4, -0.2) is 83.2 Å². The highest BCUT2D eigenvalue weighted by atomic mass is 31.2. The third-order valence-corrected chi connectivity index (χ3v) is 6.88. The molecule has 15 nitrogen and oxygen atoms in total. The van der Waals surface area contributed by atoms with Crippen LogP contribution >= 0.6 is 7.82 Å². The highest BCUT2D eigenvalue weighted by molar-refractivity contribution is 7.47. The van der Waals surface area contributed by atoms with Crippen molar-refractivity contribution in [2.45, 2.75) is 37.7 Å². The number of ether oxygens (including phenoxy) is 2. The number of nitrogens with zero attached hydrogens (tertiary/aromatic N) is 2. The van der Waals surface area contributed by atoms with Crippen LogP contribution in [0.4, 0.5) is 0 Å². The molecule has 0 spiro atoms. The second-order valence-corrected chi connectivity index (χ2v) is 9.84. The summed E-state index contributed by atoms with van der Waals surface area (Å²) in [5.74, 6) is -2.01. The zero-order valence-electron chi connectivity index (χ0n) is 20.2. The van der Waals surface area contributed by atoms with Crippen LogP contribution in [0.15, 0.2) is 34.0 Å². The smallest absolute Gasteiger partial charge is 0.382 e. The quantitative estimate of drug-likeness (QED) is 0.157. The summed E-state index contributed by atoms with van der Waals surface area (Å²) in [7, 11) is -2.05. The van der Waals surface area contributed by atoms with Gasteiger partial charge in [-0.3, -0.25) is 42.7 Å². The number of aromatic amines is 1. The zero-order chi connectivity index (χ0) is 27.2. The molecule has 1 fully saturated rings. The Hall–Kier alpha value is -2.94. The number of amides is 3. The third-order valence-electron chi connectivity index (χ3n) is 5.91. The van der Waals surface area contributed by atoms with E-state index in [2.05, 4.69) is 14.8 Å². The van der Waals surface area contributed by atoms with Crippen LogP contribution in [0.2, 0.25) is 0 Å². The van der Waals surface area contributed by atoms with Gasteiger partial charge in [-0.15, -0.1) is 0 Å². The summed E-state index contributed by atoms with van der Waals surface area (Å²) in [6.07, 6.45) is 1.18. The third kappa shape index (κ3) is 7.31. The van der Waals surface area contributed by atoms with Crippen molar-refractivity contribution in [3.63, 3.8) is 0 Å². The number of phosphoric acid groups is 1. The molecule has 2 unspecified atom stereocenters. The van der Waals surface area contributed by atoms with Gasteiger partial charge >= 0.3 is 13.5 Å². The van der Waals surface area contributed by atoms with Gasteiger partial charge in [0.1, 0.15) is 18.4 Å². The number of hydrogen-bond acceptors (Lipinski definition) is 10. The Balaban J connectivity index is 1.67. The van der Waals surface area contributed by atoms with Crippen molar-refractivity contribution in [1.82, 2.24) is 19.8 Å². The number of rotatable bonds is 13. The Morgan fingerprint density at radius 3 is 2.54 bits per heavy atom. The maximum absolute atomic E-state index is 12.4. The van der Waals surface area contributed by atoms with E-state index in [1.165, 1.54) is 13.3 Å². The minimum absolute atomic E-state index is 0.0288. The fourth-order valence-corrected chi connectivity index (χ4v) is 4.85. The molecule has 37 heavy (non-hydrogen) atoms. The minimum atomic E-state index is -4.46. The molecule has 204 valence electrons. The van der Waals surface area contributed by atoms with Gasteiger partial charge in [0.2, 0.25) is 5.91 Å². The van der Waals surface area contributed by atoms with Gasteiger partial charge in [-0.05, 0) is 12.8 Å². The second-order valence-electron chi connectivity index (χ2n) is 8.33. The van der Waals surface area contributed by atoms with Crippen molar-refractivity contribution in [1.29, 1.82) is 0 Å². The lowest BCUT2D eigenvalue weighted by Gasteiger charge is -2.26. The molecule has 0 saturated carbocycles. The first-order valence-corrected chi connectivity index (χ1v) is 12.9. The van der Waals surface area contributed by atoms with Crippen LogP contribution in [0, 0.1) is 5.92 Å². The van der Waals surface area contributed by atoms with Crippen molar-refractivity contribution in [3.05, 3.63) is 45.3 Å². The van der Waals surface area contributed by atoms with Gasteiger partial charge in [0.05, 0.1) is 6.61 Å². The van der Waals surface area contributed by atoms with E-state index in [4.69, 9.17) is 14.0 Å². The number of hydrogen-bond donors (Lipinski definition) is 3. The van der Waals surface area contributed by atoms with Gasteiger partial charge in [-0.2, -0.15) is 0 Å². The summed E-state index contributed by atoms with van der Waals surface area (Å²) in [6.45, 7) is 0.103.